The van der Waals surface area contributed by atoms with E-state index in [1.807, 2.05) is 43.9 Å². The van der Waals surface area contributed by atoms with Gasteiger partial charge in [0, 0.05) is 41.5 Å². The number of hydrogen-bond donors (Lipinski definition) is 0. The van der Waals surface area contributed by atoms with Gasteiger partial charge in [0.1, 0.15) is 22.5 Å². The molecule has 4 aromatic rings. The van der Waals surface area contributed by atoms with E-state index in [1.54, 1.807) is 21.7 Å². The van der Waals surface area contributed by atoms with Gasteiger partial charge in [-0.1, -0.05) is 11.8 Å². The van der Waals surface area contributed by atoms with Crippen molar-refractivity contribution in [1.82, 2.24) is 29.3 Å². The highest BCUT2D eigenvalue weighted by Gasteiger charge is 2.29. The van der Waals surface area contributed by atoms with Gasteiger partial charge in [-0.3, -0.25) is 4.68 Å². The van der Waals surface area contributed by atoms with E-state index in [0.717, 1.165) is 28.9 Å². The van der Waals surface area contributed by atoms with Crippen LogP contribution in [0.4, 0.5) is 9.18 Å². The van der Waals surface area contributed by atoms with Gasteiger partial charge in [0.2, 0.25) is 0 Å². The van der Waals surface area contributed by atoms with E-state index in [-0.39, 0.29) is 12.1 Å². The summed E-state index contributed by atoms with van der Waals surface area (Å²) >= 11 is 1.34. The first-order valence-electron chi connectivity index (χ1n) is 11.9. The summed E-state index contributed by atoms with van der Waals surface area (Å²) in [6, 6.07) is 7.13. The summed E-state index contributed by atoms with van der Waals surface area (Å²) in [6.07, 6.45) is 9.75. The Morgan fingerprint density at radius 3 is 2.76 bits per heavy atom. The van der Waals surface area contributed by atoms with Gasteiger partial charge in [-0.25, -0.2) is 18.7 Å². The predicted molar refractivity (Wildman–Crippen MR) is 136 cm³/mol. The molecule has 1 amide bonds. The van der Waals surface area contributed by atoms with Gasteiger partial charge >= 0.3 is 6.09 Å². The highest BCUT2D eigenvalue weighted by molar-refractivity contribution is 7.99. The maximum Gasteiger partial charge on any atom is 0.410 e. The molecule has 0 aromatic carbocycles. The number of piperidine rings is 1. The number of fused-ring (bicyclic) bond motifs is 1. The number of likely N-dealkylation sites (tertiary alicyclic amines) is 1. The summed E-state index contributed by atoms with van der Waals surface area (Å²) < 4.78 is 22.5. The summed E-state index contributed by atoms with van der Waals surface area (Å²) in [5.74, 6) is -0.411. The minimum Gasteiger partial charge on any atom is -0.444 e. The highest BCUT2D eigenvalue weighted by atomic mass is 32.2. The summed E-state index contributed by atoms with van der Waals surface area (Å²) in [6.45, 7) is 6.77. The largest absolute Gasteiger partial charge is 0.444 e. The topological polar surface area (TPSA) is 101 Å². The molecule has 0 aliphatic carbocycles. The number of nitriles is 1. The van der Waals surface area contributed by atoms with E-state index in [9.17, 15) is 14.4 Å². The Labute approximate surface area is 217 Å². The normalized spacial score (nSPS) is 16.1. The van der Waals surface area contributed by atoms with E-state index < -0.39 is 11.4 Å². The third-order valence-corrected chi connectivity index (χ3v) is 6.95. The van der Waals surface area contributed by atoms with Gasteiger partial charge < -0.3 is 9.64 Å². The van der Waals surface area contributed by atoms with Crippen molar-refractivity contribution in [3.63, 3.8) is 0 Å². The van der Waals surface area contributed by atoms with Gasteiger partial charge in [-0.2, -0.15) is 15.5 Å². The lowest BCUT2D eigenvalue weighted by atomic mass is 10.1. The van der Waals surface area contributed by atoms with E-state index in [2.05, 4.69) is 21.3 Å². The molecular weight excluding hydrogens is 493 g/mol. The zero-order chi connectivity index (χ0) is 26.2. The average Bonchev–Trinajstić information content (AvgIpc) is 3.52. The average molecular weight is 520 g/mol. The van der Waals surface area contributed by atoms with Gasteiger partial charge in [0.15, 0.2) is 0 Å². The Morgan fingerprint density at radius 2 is 2.03 bits per heavy atom. The molecule has 0 bridgehead atoms. The Bertz CT molecular complexity index is 1480. The fourth-order valence-electron chi connectivity index (χ4n) is 4.29. The fourth-order valence-corrected chi connectivity index (χ4v) is 5.24. The van der Waals surface area contributed by atoms with Crippen LogP contribution in [0.25, 0.3) is 16.6 Å². The Kier molecular flexibility index (Phi) is 6.60. The second kappa shape index (κ2) is 9.86. The number of aromatic nitrogens is 5. The summed E-state index contributed by atoms with van der Waals surface area (Å²) in [5, 5.41) is 19.1. The zero-order valence-electron chi connectivity index (χ0n) is 20.8. The number of nitrogens with zero attached hydrogens (tertiary/aromatic N) is 7. The van der Waals surface area contributed by atoms with Crippen molar-refractivity contribution < 1.29 is 13.9 Å². The van der Waals surface area contributed by atoms with Crippen molar-refractivity contribution in [2.75, 3.05) is 13.1 Å². The van der Waals surface area contributed by atoms with Crippen LogP contribution in [0.15, 0.2) is 59.1 Å². The lowest BCUT2D eigenvalue weighted by Gasteiger charge is -2.34. The molecule has 0 saturated carbocycles. The molecule has 1 fully saturated rings. The van der Waals surface area contributed by atoms with Crippen molar-refractivity contribution >= 4 is 23.4 Å². The smallest absolute Gasteiger partial charge is 0.410 e. The van der Waals surface area contributed by atoms with E-state index in [1.165, 1.54) is 30.2 Å². The van der Waals surface area contributed by atoms with Crippen LogP contribution in [0.3, 0.4) is 0 Å². The first-order valence-corrected chi connectivity index (χ1v) is 12.8. The van der Waals surface area contributed by atoms with Gasteiger partial charge in [-0.05, 0) is 51.8 Å². The molecule has 11 heteroatoms. The summed E-state index contributed by atoms with van der Waals surface area (Å²) in [4.78, 5) is 19.2. The quantitative estimate of drug-likeness (QED) is 0.359. The molecule has 1 saturated heterocycles. The molecule has 5 heterocycles. The molecule has 37 heavy (non-hydrogen) atoms. The molecule has 1 atom stereocenters. The molecule has 0 spiro atoms. The standard InChI is InChI=1S/C26H26FN7O2S/c1-26(2,3)36-25(35)32-8-4-5-21(16-32)33-15-19(12-30-33)17-9-22(37-23-7-6-20(27)13-29-23)24-18(10-28)11-31-34(24)14-17/h6-7,9,11-15,21H,4-5,8,16H2,1-3H3/t21-/m0/s1. The van der Waals surface area contributed by atoms with Gasteiger partial charge in [-0.15, -0.1) is 0 Å². The van der Waals surface area contributed by atoms with Crippen LogP contribution in [0.2, 0.25) is 0 Å². The number of rotatable bonds is 4. The van der Waals surface area contributed by atoms with E-state index in [0.29, 0.717) is 29.2 Å². The predicted octanol–water partition coefficient (Wildman–Crippen LogP) is 5.33. The Hall–Kier alpha value is -3.91. The maximum atomic E-state index is 13.4. The van der Waals surface area contributed by atoms with Gasteiger partial charge in [0.05, 0.1) is 35.7 Å². The third kappa shape index (κ3) is 5.44. The molecule has 9 nitrogen and oxygen atoms in total. The van der Waals surface area contributed by atoms with Gasteiger partial charge in [0.25, 0.3) is 0 Å². The van der Waals surface area contributed by atoms with Crippen LogP contribution in [0.5, 0.6) is 0 Å². The molecule has 0 unspecified atom stereocenters. The van der Waals surface area contributed by atoms with Crippen LogP contribution < -0.4 is 0 Å². The number of amides is 1. The SMILES string of the molecule is CC(C)(C)OC(=O)N1CCC[C@H](n2cc(-c3cc(Sc4ccc(F)cn4)c4c(C#N)cnn4c3)cn2)C1. The maximum absolute atomic E-state index is 13.4. The number of halogens is 1. The molecule has 0 radical (unpaired) electrons. The van der Waals surface area contributed by atoms with Crippen LogP contribution >= 0.6 is 11.8 Å². The first-order chi connectivity index (χ1) is 17.7. The fraction of sp³-hybridized carbons (Fsp3) is 0.346. The Morgan fingerprint density at radius 1 is 1.19 bits per heavy atom. The second-order valence-electron chi connectivity index (χ2n) is 9.90. The molecule has 4 aromatic heterocycles. The molecular formula is C26H26FN7O2S. The number of carbonyl (C=O) groups excluding carboxylic acids is 1. The molecule has 190 valence electrons. The molecule has 0 N–H and O–H groups in total. The second-order valence-corrected chi connectivity index (χ2v) is 11.0. The van der Waals surface area contributed by atoms with Crippen molar-refractivity contribution in [3.05, 3.63) is 60.6 Å². The minimum atomic E-state index is -0.543. The minimum absolute atomic E-state index is 0.0332. The number of ether oxygens (including phenoxy) is 1. The van der Waals surface area contributed by atoms with Crippen LogP contribution in [0.1, 0.15) is 45.2 Å². The number of pyridine rings is 2. The third-order valence-electron chi connectivity index (χ3n) is 5.97. The van der Waals surface area contributed by atoms with Crippen molar-refractivity contribution in [2.45, 2.75) is 55.2 Å². The van der Waals surface area contributed by atoms with Crippen molar-refractivity contribution in [2.24, 2.45) is 0 Å². The van der Waals surface area contributed by atoms with Crippen molar-refractivity contribution in [1.29, 1.82) is 5.26 Å². The van der Waals surface area contributed by atoms with Crippen molar-refractivity contribution in [3.8, 4) is 17.2 Å². The number of carbonyl (C=O) groups is 1. The molecule has 1 aliphatic heterocycles. The number of hydrogen-bond acceptors (Lipinski definition) is 7. The lowest BCUT2D eigenvalue weighted by Crippen LogP contribution is -2.43. The zero-order valence-corrected chi connectivity index (χ0v) is 21.6. The highest BCUT2D eigenvalue weighted by Crippen LogP contribution is 2.35. The monoisotopic (exact) mass is 519 g/mol. The molecule has 1 aliphatic rings. The Balaban J connectivity index is 1.43. The van der Waals surface area contributed by atoms with Crippen LogP contribution in [-0.4, -0.2) is 54.1 Å². The molecule has 5 rings (SSSR count). The van der Waals surface area contributed by atoms with E-state index >= 15 is 0 Å². The van der Waals surface area contributed by atoms with E-state index in [4.69, 9.17) is 4.74 Å². The summed E-state index contributed by atoms with van der Waals surface area (Å²) in [7, 11) is 0. The first kappa shape index (κ1) is 24.8. The summed E-state index contributed by atoms with van der Waals surface area (Å²) in [5.41, 5.74) is 2.29. The van der Waals surface area contributed by atoms with Crippen LogP contribution in [-0.2, 0) is 4.74 Å². The lowest BCUT2D eigenvalue weighted by molar-refractivity contribution is 0.0167. The van der Waals surface area contributed by atoms with Crippen LogP contribution in [0, 0.1) is 17.1 Å².